The normalized spacial score (nSPS) is 11.0. The minimum Gasteiger partial charge on any atom is -0.439 e. The Morgan fingerprint density at radius 3 is 2.41 bits per heavy atom. The van der Waals surface area contributed by atoms with Crippen LogP contribution in [0.15, 0.2) is 54.6 Å². The van der Waals surface area contributed by atoms with Gasteiger partial charge in [-0.05, 0) is 63.6 Å². The molecule has 0 radical (unpaired) electrons. The number of amides is 1. The minimum atomic E-state index is -0.314. The average molecular weight is 395 g/mol. The Morgan fingerprint density at radius 1 is 1.14 bits per heavy atom. The second-order valence-corrected chi connectivity index (χ2v) is 7.27. The third kappa shape index (κ3) is 4.83. The number of hydrogen-bond donors (Lipinski definition) is 0. The summed E-state index contributed by atoms with van der Waals surface area (Å²) in [6, 6.07) is 15.6. The molecule has 0 fully saturated rings. The molecule has 1 heterocycles. The van der Waals surface area contributed by atoms with Crippen molar-refractivity contribution in [3.8, 4) is 17.3 Å². The van der Waals surface area contributed by atoms with Gasteiger partial charge in [-0.25, -0.2) is 9.07 Å². The summed E-state index contributed by atoms with van der Waals surface area (Å²) >= 11 is 0. The fraction of sp³-hybridized carbons (Fsp3) is 0.304. The van der Waals surface area contributed by atoms with Gasteiger partial charge in [0.15, 0.2) is 0 Å². The van der Waals surface area contributed by atoms with Gasteiger partial charge in [0.25, 0.3) is 0 Å². The molecule has 2 aromatic carbocycles. The molecular weight excluding hydrogens is 369 g/mol. The average Bonchev–Trinajstić information content (AvgIpc) is 3.02. The van der Waals surface area contributed by atoms with Gasteiger partial charge >= 0.3 is 0 Å². The molecular formula is C23H26FN3O2. The van der Waals surface area contributed by atoms with Crippen LogP contribution < -0.4 is 4.74 Å². The molecule has 0 atom stereocenters. The summed E-state index contributed by atoms with van der Waals surface area (Å²) in [5.41, 5.74) is 2.33. The summed E-state index contributed by atoms with van der Waals surface area (Å²) in [7, 11) is 1.81. The van der Waals surface area contributed by atoms with E-state index in [2.05, 4.69) is 5.10 Å². The molecule has 3 rings (SSSR count). The highest BCUT2D eigenvalue weighted by Gasteiger charge is 2.21. The van der Waals surface area contributed by atoms with Crippen molar-refractivity contribution in [2.45, 2.75) is 39.7 Å². The van der Waals surface area contributed by atoms with Crippen molar-refractivity contribution in [1.29, 1.82) is 0 Å². The molecule has 0 spiro atoms. The maximum atomic E-state index is 13.4. The van der Waals surface area contributed by atoms with Gasteiger partial charge in [0.2, 0.25) is 11.8 Å². The summed E-state index contributed by atoms with van der Waals surface area (Å²) < 4.78 is 21.2. The SMILES string of the molecule is Cc1nn(-c2ccc(F)cc2)c(Oc2ccccc2)c1CCC(=O)N(C)C(C)C. The Labute approximate surface area is 170 Å². The van der Waals surface area contributed by atoms with E-state index in [1.54, 1.807) is 21.7 Å². The number of rotatable bonds is 7. The number of halogens is 1. The first kappa shape index (κ1) is 20.6. The van der Waals surface area contributed by atoms with E-state index in [-0.39, 0.29) is 17.8 Å². The number of carbonyl (C=O) groups excluding carboxylic acids is 1. The van der Waals surface area contributed by atoms with Crippen LogP contribution in [-0.4, -0.2) is 33.7 Å². The number of benzene rings is 2. The largest absolute Gasteiger partial charge is 0.439 e. The zero-order chi connectivity index (χ0) is 21.0. The zero-order valence-electron chi connectivity index (χ0n) is 17.2. The van der Waals surface area contributed by atoms with Gasteiger partial charge in [-0.3, -0.25) is 4.79 Å². The van der Waals surface area contributed by atoms with Gasteiger partial charge in [0.1, 0.15) is 11.6 Å². The summed E-state index contributed by atoms with van der Waals surface area (Å²) in [5.74, 6) is 0.966. The fourth-order valence-corrected chi connectivity index (χ4v) is 2.98. The van der Waals surface area contributed by atoms with Gasteiger partial charge in [0, 0.05) is 25.1 Å². The van der Waals surface area contributed by atoms with Crippen LogP contribution in [0.1, 0.15) is 31.5 Å². The van der Waals surface area contributed by atoms with E-state index in [0.29, 0.717) is 30.2 Å². The second kappa shape index (κ2) is 8.90. The monoisotopic (exact) mass is 395 g/mol. The molecule has 29 heavy (non-hydrogen) atoms. The lowest BCUT2D eigenvalue weighted by molar-refractivity contribution is -0.131. The molecule has 0 N–H and O–H groups in total. The highest BCUT2D eigenvalue weighted by molar-refractivity contribution is 5.76. The maximum absolute atomic E-state index is 13.4. The lowest BCUT2D eigenvalue weighted by Crippen LogP contribution is -2.33. The van der Waals surface area contributed by atoms with Crippen LogP contribution in [0.4, 0.5) is 4.39 Å². The van der Waals surface area contributed by atoms with Crippen LogP contribution in [0.2, 0.25) is 0 Å². The van der Waals surface area contributed by atoms with E-state index >= 15 is 0 Å². The molecule has 6 heteroatoms. The molecule has 0 saturated heterocycles. The first-order valence-corrected chi connectivity index (χ1v) is 9.70. The van der Waals surface area contributed by atoms with Gasteiger partial charge in [-0.2, -0.15) is 5.10 Å². The molecule has 1 aromatic heterocycles. The van der Waals surface area contributed by atoms with Crippen molar-refractivity contribution < 1.29 is 13.9 Å². The Bertz CT molecular complexity index is 966. The number of carbonyl (C=O) groups is 1. The predicted octanol–water partition coefficient (Wildman–Crippen LogP) is 4.91. The Morgan fingerprint density at radius 2 is 1.79 bits per heavy atom. The third-order valence-electron chi connectivity index (χ3n) is 4.92. The minimum absolute atomic E-state index is 0.0691. The van der Waals surface area contributed by atoms with Gasteiger partial charge in [-0.1, -0.05) is 18.2 Å². The number of aryl methyl sites for hydroxylation is 1. The highest BCUT2D eigenvalue weighted by atomic mass is 19.1. The number of aromatic nitrogens is 2. The predicted molar refractivity (Wildman–Crippen MR) is 111 cm³/mol. The molecule has 0 bridgehead atoms. The lowest BCUT2D eigenvalue weighted by Gasteiger charge is -2.21. The molecule has 0 unspecified atom stereocenters. The standard InChI is InChI=1S/C23H26FN3O2/c1-16(2)26(4)22(28)15-14-21-17(3)25-27(19-12-10-18(24)11-13-19)23(21)29-20-8-6-5-7-9-20/h5-13,16H,14-15H2,1-4H3. The Kier molecular flexibility index (Phi) is 6.32. The van der Waals surface area contributed by atoms with E-state index < -0.39 is 0 Å². The van der Waals surface area contributed by atoms with Gasteiger partial charge < -0.3 is 9.64 Å². The van der Waals surface area contributed by atoms with Crippen LogP contribution in [0, 0.1) is 12.7 Å². The molecule has 0 aliphatic rings. The van der Waals surface area contributed by atoms with Crippen LogP contribution in [0.5, 0.6) is 11.6 Å². The second-order valence-electron chi connectivity index (χ2n) is 7.27. The van der Waals surface area contributed by atoms with Crippen LogP contribution >= 0.6 is 0 Å². The summed E-state index contributed by atoms with van der Waals surface area (Å²) in [4.78, 5) is 14.2. The van der Waals surface area contributed by atoms with E-state index in [4.69, 9.17) is 4.74 Å². The fourth-order valence-electron chi connectivity index (χ4n) is 2.98. The van der Waals surface area contributed by atoms with E-state index in [1.807, 2.05) is 58.2 Å². The van der Waals surface area contributed by atoms with Gasteiger partial charge in [0.05, 0.1) is 11.4 Å². The molecule has 3 aromatic rings. The number of para-hydroxylation sites is 1. The van der Waals surface area contributed by atoms with E-state index in [0.717, 1.165) is 11.3 Å². The van der Waals surface area contributed by atoms with Gasteiger partial charge in [-0.15, -0.1) is 0 Å². The van der Waals surface area contributed by atoms with Crippen molar-refractivity contribution in [3.05, 3.63) is 71.7 Å². The molecule has 152 valence electrons. The van der Waals surface area contributed by atoms with E-state index in [1.165, 1.54) is 12.1 Å². The van der Waals surface area contributed by atoms with Crippen LogP contribution in [-0.2, 0) is 11.2 Å². The highest BCUT2D eigenvalue weighted by Crippen LogP contribution is 2.31. The van der Waals surface area contributed by atoms with Crippen molar-refractivity contribution in [3.63, 3.8) is 0 Å². The number of hydrogen-bond acceptors (Lipinski definition) is 3. The van der Waals surface area contributed by atoms with Crippen LogP contribution in [0.25, 0.3) is 5.69 Å². The quantitative estimate of drug-likeness (QED) is 0.571. The first-order chi connectivity index (χ1) is 13.9. The summed E-state index contributed by atoms with van der Waals surface area (Å²) in [5, 5.41) is 4.61. The number of nitrogens with zero attached hydrogens (tertiary/aromatic N) is 3. The van der Waals surface area contributed by atoms with Crippen molar-refractivity contribution in [1.82, 2.24) is 14.7 Å². The smallest absolute Gasteiger partial charge is 0.226 e. The molecule has 0 aliphatic heterocycles. The van der Waals surface area contributed by atoms with Crippen molar-refractivity contribution in [2.24, 2.45) is 0 Å². The summed E-state index contributed by atoms with van der Waals surface area (Å²) in [6.07, 6.45) is 0.862. The zero-order valence-corrected chi connectivity index (χ0v) is 17.2. The topological polar surface area (TPSA) is 47.4 Å². The Hall–Kier alpha value is -3.15. The Balaban J connectivity index is 1.96. The number of ether oxygens (including phenoxy) is 1. The molecule has 5 nitrogen and oxygen atoms in total. The van der Waals surface area contributed by atoms with Crippen molar-refractivity contribution >= 4 is 5.91 Å². The molecule has 0 aliphatic carbocycles. The van der Waals surface area contributed by atoms with Crippen LogP contribution in [0.3, 0.4) is 0 Å². The third-order valence-corrected chi connectivity index (χ3v) is 4.92. The molecule has 1 amide bonds. The lowest BCUT2D eigenvalue weighted by atomic mass is 10.1. The maximum Gasteiger partial charge on any atom is 0.226 e. The first-order valence-electron chi connectivity index (χ1n) is 9.70. The summed E-state index contributed by atoms with van der Waals surface area (Å²) in [6.45, 7) is 5.86. The van der Waals surface area contributed by atoms with Crippen molar-refractivity contribution in [2.75, 3.05) is 7.05 Å². The van der Waals surface area contributed by atoms with E-state index in [9.17, 15) is 9.18 Å². The molecule has 0 saturated carbocycles.